The highest BCUT2D eigenvalue weighted by Gasteiger charge is 2.43. The van der Waals surface area contributed by atoms with Crippen LogP contribution in [0.15, 0.2) is 18.2 Å². The van der Waals surface area contributed by atoms with Crippen LogP contribution in [0.25, 0.3) is 0 Å². The van der Waals surface area contributed by atoms with Crippen molar-refractivity contribution in [3.05, 3.63) is 29.3 Å². The molecule has 0 unspecified atom stereocenters. The van der Waals surface area contributed by atoms with Gasteiger partial charge in [-0.05, 0) is 51.1 Å². The third kappa shape index (κ3) is 3.24. The molecule has 2 fully saturated rings. The summed E-state index contributed by atoms with van der Waals surface area (Å²) in [5.74, 6) is -0.403. The number of anilines is 1. The summed E-state index contributed by atoms with van der Waals surface area (Å²) in [7, 11) is 3.49. The Kier molecular flexibility index (Phi) is 4.49. The van der Waals surface area contributed by atoms with E-state index in [-0.39, 0.29) is 11.4 Å². The van der Waals surface area contributed by atoms with E-state index in [1.807, 2.05) is 17.9 Å². The number of nitrogens with zero attached hydrogens (tertiary/aromatic N) is 2. The Morgan fingerprint density at radius 2 is 1.96 bits per heavy atom. The number of benzene rings is 1. The molecule has 1 N–H and O–H groups in total. The van der Waals surface area contributed by atoms with E-state index in [2.05, 4.69) is 17.3 Å². The van der Waals surface area contributed by atoms with Gasteiger partial charge in [0.1, 0.15) is 0 Å². The zero-order chi connectivity index (χ0) is 17.3. The van der Waals surface area contributed by atoms with Gasteiger partial charge in [0.2, 0.25) is 0 Å². The van der Waals surface area contributed by atoms with E-state index < -0.39 is 5.97 Å². The molecule has 24 heavy (non-hydrogen) atoms. The molecular weight excluding hydrogens is 306 g/mol. The predicted molar refractivity (Wildman–Crippen MR) is 92.3 cm³/mol. The van der Waals surface area contributed by atoms with Crippen molar-refractivity contribution in [2.75, 3.05) is 45.7 Å². The highest BCUT2D eigenvalue weighted by Crippen LogP contribution is 2.39. The largest absolute Gasteiger partial charge is 0.465 e. The minimum absolute atomic E-state index is 0.0912. The van der Waals surface area contributed by atoms with Crippen molar-refractivity contribution < 1.29 is 14.3 Å². The Hall–Kier alpha value is -2.08. The van der Waals surface area contributed by atoms with Gasteiger partial charge in [-0.15, -0.1) is 0 Å². The van der Waals surface area contributed by atoms with Crippen LogP contribution >= 0.6 is 0 Å². The van der Waals surface area contributed by atoms with Crippen molar-refractivity contribution in [1.29, 1.82) is 0 Å². The molecule has 0 radical (unpaired) electrons. The molecule has 0 aromatic heterocycles. The molecule has 6 heteroatoms. The first-order valence-corrected chi connectivity index (χ1v) is 8.36. The second kappa shape index (κ2) is 6.43. The Bertz CT molecular complexity index is 661. The minimum Gasteiger partial charge on any atom is -0.465 e. The van der Waals surface area contributed by atoms with Crippen LogP contribution in [0, 0.1) is 12.3 Å². The fourth-order valence-corrected chi connectivity index (χ4v) is 3.80. The second-order valence-corrected chi connectivity index (χ2v) is 7.11. The molecule has 130 valence electrons. The number of urea groups is 1. The quantitative estimate of drug-likeness (QED) is 0.845. The number of methoxy groups -OCH3 is 1. The lowest BCUT2D eigenvalue weighted by Gasteiger charge is -2.24. The van der Waals surface area contributed by atoms with Crippen molar-refractivity contribution in [2.45, 2.75) is 19.8 Å². The maximum absolute atomic E-state index is 12.6. The first-order valence-electron chi connectivity index (χ1n) is 8.36. The zero-order valence-corrected chi connectivity index (χ0v) is 14.6. The summed E-state index contributed by atoms with van der Waals surface area (Å²) in [6.45, 7) is 5.67. The number of carbonyl (C=O) groups is 2. The molecule has 2 aliphatic heterocycles. The van der Waals surface area contributed by atoms with Gasteiger partial charge in [0.05, 0.1) is 12.7 Å². The van der Waals surface area contributed by atoms with E-state index in [0.717, 1.165) is 44.6 Å². The van der Waals surface area contributed by atoms with E-state index in [1.54, 1.807) is 12.1 Å². The van der Waals surface area contributed by atoms with Crippen molar-refractivity contribution >= 4 is 17.7 Å². The van der Waals surface area contributed by atoms with Crippen LogP contribution in [-0.4, -0.2) is 62.1 Å². The Balaban J connectivity index is 1.68. The highest BCUT2D eigenvalue weighted by molar-refractivity contribution is 5.94. The lowest BCUT2D eigenvalue weighted by molar-refractivity contribution is 0.0600. The van der Waals surface area contributed by atoms with Gasteiger partial charge in [-0.2, -0.15) is 0 Å². The van der Waals surface area contributed by atoms with E-state index in [1.165, 1.54) is 7.11 Å². The number of hydrogen-bond donors (Lipinski definition) is 1. The van der Waals surface area contributed by atoms with Gasteiger partial charge in [0.15, 0.2) is 0 Å². The molecule has 3 rings (SSSR count). The predicted octanol–water partition coefficient (Wildman–Crippen LogP) is 2.34. The number of nitrogens with one attached hydrogen (secondary N) is 1. The monoisotopic (exact) mass is 331 g/mol. The van der Waals surface area contributed by atoms with Gasteiger partial charge in [0, 0.05) is 30.7 Å². The number of amides is 2. The molecular formula is C18H25N3O3. The first kappa shape index (κ1) is 16.8. The molecule has 1 aromatic rings. The van der Waals surface area contributed by atoms with Gasteiger partial charge >= 0.3 is 12.0 Å². The van der Waals surface area contributed by atoms with Crippen LogP contribution in [0.4, 0.5) is 10.5 Å². The topological polar surface area (TPSA) is 61.9 Å². The smallest absolute Gasteiger partial charge is 0.337 e. The lowest BCUT2D eigenvalue weighted by atomic mass is 9.86. The molecule has 2 aliphatic rings. The zero-order valence-electron chi connectivity index (χ0n) is 14.6. The summed E-state index contributed by atoms with van der Waals surface area (Å²) >= 11 is 0. The van der Waals surface area contributed by atoms with Crippen molar-refractivity contribution in [2.24, 2.45) is 5.41 Å². The van der Waals surface area contributed by atoms with Gasteiger partial charge in [-0.1, -0.05) is 6.07 Å². The third-order valence-corrected chi connectivity index (χ3v) is 5.25. The van der Waals surface area contributed by atoms with Gasteiger partial charge in [-0.3, -0.25) is 0 Å². The van der Waals surface area contributed by atoms with Gasteiger partial charge < -0.3 is 19.9 Å². The molecule has 2 saturated heterocycles. The SMILES string of the molecule is COC(=O)c1ccc(C)c(NC(=O)N2CC[C@]3(CCN(C)C3)C2)c1. The summed E-state index contributed by atoms with van der Waals surface area (Å²) in [4.78, 5) is 28.5. The lowest BCUT2D eigenvalue weighted by Crippen LogP contribution is -2.36. The average molecular weight is 331 g/mol. The molecule has 0 bridgehead atoms. The van der Waals surface area contributed by atoms with E-state index in [0.29, 0.717) is 11.3 Å². The fraction of sp³-hybridized carbons (Fsp3) is 0.556. The summed E-state index contributed by atoms with van der Waals surface area (Å²) in [5, 5.41) is 2.95. The third-order valence-electron chi connectivity index (χ3n) is 5.25. The normalized spacial score (nSPS) is 23.7. The number of likely N-dealkylation sites (tertiary alicyclic amines) is 2. The van der Waals surface area contributed by atoms with Crippen molar-refractivity contribution in [3.63, 3.8) is 0 Å². The van der Waals surface area contributed by atoms with Crippen LogP contribution in [0.5, 0.6) is 0 Å². The molecule has 1 spiro atoms. The van der Waals surface area contributed by atoms with Crippen molar-refractivity contribution in [1.82, 2.24) is 9.80 Å². The Morgan fingerprint density at radius 3 is 2.62 bits per heavy atom. The molecule has 0 aliphatic carbocycles. The maximum atomic E-state index is 12.6. The number of aryl methyl sites for hydroxylation is 1. The number of ether oxygens (including phenoxy) is 1. The van der Waals surface area contributed by atoms with Gasteiger partial charge in [0.25, 0.3) is 0 Å². The minimum atomic E-state index is -0.403. The molecule has 1 aromatic carbocycles. The number of carbonyl (C=O) groups excluding carboxylic acids is 2. The molecule has 1 atom stereocenters. The average Bonchev–Trinajstić information content (AvgIpc) is 3.15. The van der Waals surface area contributed by atoms with Gasteiger partial charge in [-0.25, -0.2) is 9.59 Å². The Labute approximate surface area is 142 Å². The summed E-state index contributed by atoms with van der Waals surface area (Å²) in [5.41, 5.74) is 2.28. The van der Waals surface area contributed by atoms with Crippen LogP contribution in [0.1, 0.15) is 28.8 Å². The van der Waals surface area contributed by atoms with Crippen LogP contribution in [-0.2, 0) is 4.74 Å². The van der Waals surface area contributed by atoms with Crippen molar-refractivity contribution in [3.8, 4) is 0 Å². The van der Waals surface area contributed by atoms with Crippen LogP contribution in [0.2, 0.25) is 0 Å². The summed E-state index contributed by atoms with van der Waals surface area (Å²) in [6, 6.07) is 5.11. The summed E-state index contributed by atoms with van der Waals surface area (Å²) in [6.07, 6.45) is 2.22. The number of esters is 1. The number of hydrogen-bond acceptors (Lipinski definition) is 4. The standard InChI is InChI=1S/C18H25N3O3/c1-13-4-5-14(16(22)24-3)10-15(13)19-17(23)21-9-7-18(12-21)6-8-20(2)11-18/h4-5,10H,6-9,11-12H2,1-3H3,(H,19,23)/t18-/m0/s1. The molecule has 0 saturated carbocycles. The number of rotatable bonds is 2. The van der Waals surface area contributed by atoms with E-state index in [9.17, 15) is 9.59 Å². The van der Waals surface area contributed by atoms with E-state index >= 15 is 0 Å². The van der Waals surface area contributed by atoms with Crippen LogP contribution in [0.3, 0.4) is 0 Å². The molecule has 2 amide bonds. The molecule has 2 heterocycles. The van der Waals surface area contributed by atoms with E-state index in [4.69, 9.17) is 4.74 Å². The molecule has 6 nitrogen and oxygen atoms in total. The maximum Gasteiger partial charge on any atom is 0.337 e. The van der Waals surface area contributed by atoms with Crippen LogP contribution < -0.4 is 5.32 Å². The Morgan fingerprint density at radius 1 is 1.21 bits per heavy atom. The summed E-state index contributed by atoms with van der Waals surface area (Å²) < 4.78 is 4.74. The first-order chi connectivity index (χ1) is 11.4. The second-order valence-electron chi connectivity index (χ2n) is 7.11. The highest BCUT2D eigenvalue weighted by atomic mass is 16.5. The fourth-order valence-electron chi connectivity index (χ4n) is 3.80.